The molecule has 1 amide bonds. The van der Waals surface area contributed by atoms with Crippen molar-refractivity contribution in [2.75, 3.05) is 39.5 Å². The Balaban J connectivity index is 1.11. The van der Waals surface area contributed by atoms with Crippen LogP contribution in [0, 0.1) is 0 Å². The molecule has 0 spiro atoms. The SMILES string of the molecule is O=C(CCn1cnc2sc3c(c2c1=O)CCCC3)NCc1cccc(OCCN2CCOCC2)c1. The van der Waals surface area contributed by atoms with E-state index in [9.17, 15) is 9.59 Å². The minimum Gasteiger partial charge on any atom is -0.492 e. The summed E-state index contributed by atoms with van der Waals surface area (Å²) >= 11 is 1.64. The van der Waals surface area contributed by atoms with E-state index in [2.05, 4.69) is 15.2 Å². The van der Waals surface area contributed by atoms with Gasteiger partial charge in [-0.2, -0.15) is 0 Å². The number of benzene rings is 1. The molecule has 0 unspecified atom stereocenters. The van der Waals surface area contributed by atoms with E-state index in [1.54, 1.807) is 22.2 Å². The third-order valence-electron chi connectivity index (χ3n) is 6.69. The molecule has 1 N–H and O–H groups in total. The van der Waals surface area contributed by atoms with Crippen LogP contribution in [-0.2, 0) is 35.5 Å². The van der Waals surface area contributed by atoms with Crippen molar-refractivity contribution in [3.63, 3.8) is 0 Å². The molecule has 3 heterocycles. The lowest BCUT2D eigenvalue weighted by Crippen LogP contribution is -2.38. The van der Waals surface area contributed by atoms with E-state index in [0.717, 1.165) is 73.6 Å². The first kappa shape index (κ1) is 24.0. The van der Waals surface area contributed by atoms with E-state index < -0.39 is 0 Å². The topological polar surface area (TPSA) is 85.7 Å². The predicted octanol–water partition coefficient (Wildman–Crippen LogP) is 2.75. The fraction of sp³-hybridized carbons (Fsp3) is 0.500. The van der Waals surface area contributed by atoms with Gasteiger partial charge in [0.1, 0.15) is 17.2 Å². The number of nitrogens with zero attached hydrogens (tertiary/aromatic N) is 3. The van der Waals surface area contributed by atoms with Gasteiger partial charge in [0.2, 0.25) is 5.91 Å². The molecule has 8 nitrogen and oxygen atoms in total. The van der Waals surface area contributed by atoms with Crippen LogP contribution in [0.5, 0.6) is 5.75 Å². The summed E-state index contributed by atoms with van der Waals surface area (Å²) in [4.78, 5) is 34.5. The first-order chi connectivity index (χ1) is 17.2. The van der Waals surface area contributed by atoms with Crippen LogP contribution >= 0.6 is 11.3 Å². The standard InChI is InChI=1S/C26H32N4O4S/c31-23(8-9-30-18-28-25-24(26(30)32)21-6-1-2-7-22(21)35-25)27-17-19-4-3-5-20(16-19)34-15-12-29-10-13-33-14-11-29/h3-5,16,18H,1-2,6-15,17H2,(H,27,31). The normalized spacial score (nSPS) is 16.2. The number of fused-ring (bicyclic) bond motifs is 3. The number of amides is 1. The van der Waals surface area contributed by atoms with Gasteiger partial charge in [-0.3, -0.25) is 19.1 Å². The van der Waals surface area contributed by atoms with Crippen LogP contribution in [0.15, 0.2) is 35.4 Å². The molecule has 0 atom stereocenters. The Bertz CT molecular complexity index is 1230. The summed E-state index contributed by atoms with van der Waals surface area (Å²) in [6.45, 7) is 5.69. The Morgan fingerprint density at radius 2 is 2.03 bits per heavy atom. The van der Waals surface area contributed by atoms with Crippen LogP contribution in [-0.4, -0.2) is 59.8 Å². The van der Waals surface area contributed by atoms with Crippen molar-refractivity contribution < 1.29 is 14.3 Å². The molecule has 1 aliphatic heterocycles. The molecule has 35 heavy (non-hydrogen) atoms. The summed E-state index contributed by atoms with van der Waals surface area (Å²) in [7, 11) is 0. The van der Waals surface area contributed by atoms with Crippen LogP contribution in [0.1, 0.15) is 35.3 Å². The molecule has 3 aromatic rings. The van der Waals surface area contributed by atoms with Gasteiger partial charge in [0.15, 0.2) is 0 Å². The van der Waals surface area contributed by atoms with Gasteiger partial charge in [-0.15, -0.1) is 11.3 Å². The average Bonchev–Trinajstić information content (AvgIpc) is 3.27. The van der Waals surface area contributed by atoms with E-state index in [0.29, 0.717) is 19.7 Å². The molecule has 5 rings (SSSR count). The fourth-order valence-electron chi connectivity index (χ4n) is 4.71. The van der Waals surface area contributed by atoms with Gasteiger partial charge in [0.25, 0.3) is 5.56 Å². The van der Waals surface area contributed by atoms with Crippen molar-refractivity contribution in [1.29, 1.82) is 0 Å². The lowest BCUT2D eigenvalue weighted by atomic mass is 9.97. The molecule has 9 heteroatoms. The number of morpholine rings is 1. The molecule has 1 aliphatic carbocycles. The van der Waals surface area contributed by atoms with Gasteiger partial charge in [-0.05, 0) is 48.9 Å². The lowest BCUT2D eigenvalue weighted by Gasteiger charge is -2.26. The van der Waals surface area contributed by atoms with E-state index in [4.69, 9.17) is 9.47 Å². The number of hydrogen-bond donors (Lipinski definition) is 1. The average molecular weight is 497 g/mol. The molecule has 2 aromatic heterocycles. The molecule has 1 saturated heterocycles. The maximum absolute atomic E-state index is 13.1. The van der Waals surface area contributed by atoms with E-state index in [1.165, 1.54) is 16.9 Å². The number of rotatable bonds is 9. The van der Waals surface area contributed by atoms with E-state index in [1.807, 2.05) is 24.3 Å². The smallest absolute Gasteiger partial charge is 0.262 e. The quantitative estimate of drug-likeness (QED) is 0.490. The number of carbonyl (C=O) groups is 1. The Hall–Kier alpha value is -2.75. The fourth-order valence-corrected chi connectivity index (χ4v) is 5.93. The van der Waals surface area contributed by atoms with Crippen molar-refractivity contribution in [3.05, 3.63) is 57.0 Å². The molecule has 1 aromatic carbocycles. The Morgan fingerprint density at radius 3 is 2.91 bits per heavy atom. The van der Waals surface area contributed by atoms with Gasteiger partial charge >= 0.3 is 0 Å². The second-order valence-corrected chi connectivity index (χ2v) is 10.2. The highest BCUT2D eigenvalue weighted by molar-refractivity contribution is 7.18. The first-order valence-electron chi connectivity index (χ1n) is 12.5. The van der Waals surface area contributed by atoms with Crippen LogP contribution < -0.4 is 15.6 Å². The van der Waals surface area contributed by atoms with Gasteiger partial charge in [-0.1, -0.05) is 12.1 Å². The van der Waals surface area contributed by atoms with Crippen molar-refractivity contribution in [1.82, 2.24) is 19.8 Å². The highest BCUT2D eigenvalue weighted by atomic mass is 32.1. The monoisotopic (exact) mass is 496 g/mol. The number of ether oxygens (including phenoxy) is 2. The summed E-state index contributed by atoms with van der Waals surface area (Å²) in [5.41, 5.74) is 2.14. The second-order valence-electron chi connectivity index (χ2n) is 9.11. The molecule has 0 bridgehead atoms. The third-order valence-corrected chi connectivity index (χ3v) is 7.89. The number of thiophene rings is 1. The Kier molecular flexibility index (Phi) is 7.75. The zero-order valence-electron chi connectivity index (χ0n) is 20.0. The number of nitrogens with one attached hydrogen (secondary N) is 1. The van der Waals surface area contributed by atoms with Gasteiger partial charge in [0.05, 0.1) is 24.9 Å². The minimum atomic E-state index is -0.0945. The Morgan fingerprint density at radius 1 is 1.17 bits per heavy atom. The molecule has 2 aliphatic rings. The highest BCUT2D eigenvalue weighted by Crippen LogP contribution is 2.33. The van der Waals surface area contributed by atoms with Crippen LogP contribution in [0.25, 0.3) is 10.2 Å². The zero-order valence-corrected chi connectivity index (χ0v) is 20.8. The van der Waals surface area contributed by atoms with Crippen molar-refractivity contribution >= 4 is 27.5 Å². The van der Waals surface area contributed by atoms with Gasteiger partial charge in [-0.25, -0.2) is 4.98 Å². The number of carbonyl (C=O) groups excluding carboxylic acids is 1. The summed E-state index contributed by atoms with van der Waals surface area (Å²) in [5, 5.41) is 3.72. The molecule has 1 fully saturated rings. The molecule has 0 radical (unpaired) electrons. The summed E-state index contributed by atoms with van der Waals surface area (Å²) in [6.07, 6.45) is 6.10. The van der Waals surface area contributed by atoms with E-state index in [-0.39, 0.29) is 17.9 Å². The highest BCUT2D eigenvalue weighted by Gasteiger charge is 2.20. The molecular formula is C26H32N4O4S. The van der Waals surface area contributed by atoms with Crippen molar-refractivity contribution in [2.45, 2.75) is 45.2 Å². The van der Waals surface area contributed by atoms with Crippen LogP contribution in [0.2, 0.25) is 0 Å². The molecule has 186 valence electrons. The summed E-state index contributed by atoms with van der Waals surface area (Å²) < 4.78 is 12.9. The van der Waals surface area contributed by atoms with Crippen LogP contribution in [0.3, 0.4) is 0 Å². The predicted molar refractivity (Wildman–Crippen MR) is 136 cm³/mol. The van der Waals surface area contributed by atoms with Crippen molar-refractivity contribution in [3.8, 4) is 5.75 Å². The van der Waals surface area contributed by atoms with E-state index >= 15 is 0 Å². The Labute approximate surface area is 208 Å². The van der Waals surface area contributed by atoms with Crippen LogP contribution in [0.4, 0.5) is 0 Å². The maximum Gasteiger partial charge on any atom is 0.262 e. The first-order valence-corrected chi connectivity index (χ1v) is 13.3. The second kappa shape index (κ2) is 11.3. The number of aryl methyl sites for hydroxylation is 3. The minimum absolute atomic E-state index is 0.0240. The third kappa shape index (κ3) is 5.91. The number of aromatic nitrogens is 2. The zero-order chi connectivity index (χ0) is 24.0. The van der Waals surface area contributed by atoms with Gasteiger partial charge in [0, 0.05) is 44.0 Å². The maximum atomic E-state index is 13.1. The summed E-state index contributed by atoms with van der Waals surface area (Å²) in [6, 6.07) is 7.80. The largest absolute Gasteiger partial charge is 0.492 e. The number of hydrogen-bond acceptors (Lipinski definition) is 7. The van der Waals surface area contributed by atoms with Crippen molar-refractivity contribution in [2.24, 2.45) is 0 Å². The van der Waals surface area contributed by atoms with Gasteiger partial charge < -0.3 is 14.8 Å². The molecular weight excluding hydrogens is 464 g/mol. The lowest BCUT2D eigenvalue weighted by molar-refractivity contribution is -0.121. The summed E-state index contributed by atoms with van der Waals surface area (Å²) in [5.74, 6) is 0.706. The molecule has 0 saturated carbocycles.